The molecule has 152 valence electrons. The number of nitrogens with zero attached hydrogens (tertiary/aromatic N) is 3. The van der Waals surface area contributed by atoms with E-state index in [1.165, 1.54) is 30.5 Å². The number of halogens is 2. The number of ether oxygens (including phenoxy) is 1. The third-order valence-corrected chi connectivity index (χ3v) is 5.21. The number of hydrogen-bond donors (Lipinski definition) is 2. The molecule has 2 N–H and O–H groups in total. The molecule has 0 aliphatic carbocycles. The Morgan fingerprint density at radius 1 is 1.27 bits per heavy atom. The predicted octanol–water partition coefficient (Wildman–Crippen LogP) is 4.22. The number of aromatic nitrogens is 2. The maximum absolute atomic E-state index is 13.2. The van der Waals surface area contributed by atoms with Crippen LogP contribution in [0.15, 0.2) is 53.4 Å². The van der Waals surface area contributed by atoms with Gasteiger partial charge in [0.2, 0.25) is 0 Å². The average molecular weight is 446 g/mol. The van der Waals surface area contributed by atoms with E-state index in [1.54, 1.807) is 18.2 Å². The fourth-order valence-corrected chi connectivity index (χ4v) is 3.25. The maximum Gasteiger partial charge on any atom is 0.261 e. The van der Waals surface area contributed by atoms with Crippen molar-refractivity contribution in [3.8, 4) is 17.7 Å². The molecular weight excluding hydrogens is 433 g/mol. The molecule has 0 radical (unpaired) electrons. The van der Waals surface area contributed by atoms with Gasteiger partial charge in [-0.15, -0.1) is 10.2 Å². The van der Waals surface area contributed by atoms with E-state index in [0.29, 0.717) is 0 Å². The predicted molar refractivity (Wildman–Crippen MR) is 108 cm³/mol. The molecule has 1 unspecified atom stereocenters. The van der Waals surface area contributed by atoms with Crippen LogP contribution in [0.2, 0.25) is 5.02 Å². The van der Waals surface area contributed by atoms with Gasteiger partial charge in [0.25, 0.3) is 11.8 Å². The summed E-state index contributed by atoms with van der Waals surface area (Å²) >= 11 is 5.95. The molecule has 0 bridgehead atoms. The highest BCUT2D eigenvalue weighted by Crippen LogP contribution is 2.31. The fraction of sp³-hybridized carbons (Fsp3) is 0.0526. The van der Waals surface area contributed by atoms with E-state index in [1.807, 2.05) is 0 Å². The molecule has 11 heteroatoms. The van der Waals surface area contributed by atoms with E-state index >= 15 is 0 Å². The number of carbonyl (C=O) groups is 1. The zero-order valence-corrected chi connectivity index (χ0v) is 16.9. The largest absolute Gasteiger partial charge is 0.435 e. The standard InChI is InChI=1S/C19H13ClFN5O3S/c1-30(23,28)14-4-2-3-12(8-14)24-18(27)15-9-13(10-22)25-26-19(15)29-17-6-5-11(21)7-16(17)20/h2-9,23H,1H3,(H,24,27). The lowest BCUT2D eigenvalue weighted by Gasteiger charge is -2.12. The lowest BCUT2D eigenvalue weighted by molar-refractivity contribution is 0.102. The molecule has 0 saturated carbocycles. The first-order valence-electron chi connectivity index (χ1n) is 8.23. The van der Waals surface area contributed by atoms with E-state index in [-0.39, 0.29) is 38.5 Å². The quantitative estimate of drug-likeness (QED) is 0.604. The number of anilines is 1. The molecule has 0 spiro atoms. The smallest absolute Gasteiger partial charge is 0.261 e. The summed E-state index contributed by atoms with van der Waals surface area (Å²) in [6.07, 6.45) is 1.26. The summed E-state index contributed by atoms with van der Waals surface area (Å²) < 4.78 is 38.4. The van der Waals surface area contributed by atoms with E-state index in [4.69, 9.17) is 26.4 Å². The van der Waals surface area contributed by atoms with Crippen molar-refractivity contribution in [2.45, 2.75) is 4.90 Å². The van der Waals surface area contributed by atoms with Gasteiger partial charge < -0.3 is 10.1 Å². The van der Waals surface area contributed by atoms with Gasteiger partial charge in [-0.25, -0.2) is 13.4 Å². The summed E-state index contributed by atoms with van der Waals surface area (Å²) in [4.78, 5) is 13.1. The minimum Gasteiger partial charge on any atom is -0.435 e. The Morgan fingerprint density at radius 2 is 2.03 bits per heavy atom. The van der Waals surface area contributed by atoms with Crippen LogP contribution < -0.4 is 10.1 Å². The van der Waals surface area contributed by atoms with Gasteiger partial charge in [0.15, 0.2) is 5.69 Å². The minimum absolute atomic E-state index is 0.0352. The van der Waals surface area contributed by atoms with Crippen LogP contribution in [0.4, 0.5) is 10.1 Å². The zero-order chi connectivity index (χ0) is 21.9. The number of carbonyl (C=O) groups excluding carboxylic acids is 1. The maximum atomic E-state index is 13.2. The Hall–Kier alpha value is -3.55. The van der Waals surface area contributed by atoms with E-state index in [2.05, 4.69) is 15.5 Å². The number of benzene rings is 2. The van der Waals surface area contributed by atoms with Gasteiger partial charge in [-0.2, -0.15) is 5.26 Å². The summed E-state index contributed by atoms with van der Waals surface area (Å²) in [7, 11) is -2.98. The normalized spacial score (nSPS) is 12.5. The van der Waals surface area contributed by atoms with Crippen molar-refractivity contribution in [1.29, 1.82) is 10.0 Å². The third kappa shape index (κ3) is 4.89. The first kappa shape index (κ1) is 21.2. The zero-order valence-electron chi connectivity index (χ0n) is 15.3. The second-order valence-corrected chi connectivity index (χ2v) is 8.63. The van der Waals surface area contributed by atoms with Crippen LogP contribution in [0.5, 0.6) is 11.6 Å². The van der Waals surface area contributed by atoms with Crippen molar-refractivity contribution < 1.29 is 18.1 Å². The van der Waals surface area contributed by atoms with Gasteiger partial charge in [0, 0.05) is 16.8 Å². The highest BCUT2D eigenvalue weighted by atomic mass is 35.5. The number of rotatable bonds is 5. The molecule has 0 saturated heterocycles. The third-order valence-electron chi connectivity index (χ3n) is 3.76. The van der Waals surface area contributed by atoms with E-state index in [0.717, 1.165) is 12.1 Å². The summed E-state index contributed by atoms with van der Waals surface area (Å²) in [5.74, 6) is -1.48. The molecule has 8 nitrogen and oxygen atoms in total. The minimum atomic E-state index is -2.98. The topological polar surface area (TPSA) is 129 Å². The Bertz CT molecular complexity index is 1290. The molecule has 0 aliphatic heterocycles. The number of hydrogen-bond acceptors (Lipinski definition) is 7. The Labute approximate surface area is 176 Å². The van der Waals surface area contributed by atoms with Gasteiger partial charge in [0.05, 0.1) is 14.8 Å². The molecule has 3 aromatic rings. The van der Waals surface area contributed by atoms with Gasteiger partial charge in [-0.05, 0) is 42.5 Å². The van der Waals surface area contributed by atoms with Gasteiger partial charge in [-0.1, -0.05) is 17.7 Å². The highest BCUT2D eigenvalue weighted by molar-refractivity contribution is 7.91. The molecule has 2 aromatic carbocycles. The molecule has 0 aliphatic rings. The van der Waals surface area contributed by atoms with Gasteiger partial charge >= 0.3 is 0 Å². The van der Waals surface area contributed by atoms with Crippen LogP contribution in [0.3, 0.4) is 0 Å². The van der Waals surface area contributed by atoms with Crippen LogP contribution in [0.1, 0.15) is 16.1 Å². The van der Waals surface area contributed by atoms with Gasteiger partial charge in [-0.3, -0.25) is 4.79 Å². The first-order valence-corrected chi connectivity index (χ1v) is 10.6. The second-order valence-electron chi connectivity index (χ2n) is 6.06. The molecule has 1 amide bonds. The Morgan fingerprint density at radius 3 is 2.70 bits per heavy atom. The number of nitrogens with one attached hydrogen (secondary N) is 2. The highest BCUT2D eigenvalue weighted by Gasteiger charge is 2.19. The van der Waals surface area contributed by atoms with Gasteiger partial charge in [0.1, 0.15) is 23.2 Å². The van der Waals surface area contributed by atoms with Crippen LogP contribution in [0.25, 0.3) is 0 Å². The number of nitriles is 1. The molecule has 1 heterocycles. The molecule has 1 aromatic heterocycles. The summed E-state index contributed by atoms with van der Waals surface area (Å²) in [5.41, 5.74) is 0.0186. The average Bonchev–Trinajstić information content (AvgIpc) is 2.70. The van der Waals surface area contributed by atoms with Crippen molar-refractivity contribution in [2.24, 2.45) is 0 Å². The SMILES string of the molecule is CS(=N)(=O)c1cccc(NC(=O)c2cc(C#N)nnc2Oc2ccc(F)cc2Cl)c1. The molecule has 30 heavy (non-hydrogen) atoms. The summed E-state index contributed by atoms with van der Waals surface area (Å²) in [6.45, 7) is 0. The van der Waals surface area contributed by atoms with E-state index < -0.39 is 21.5 Å². The van der Waals surface area contributed by atoms with Crippen LogP contribution in [-0.2, 0) is 9.73 Å². The van der Waals surface area contributed by atoms with Crippen LogP contribution >= 0.6 is 11.6 Å². The number of amides is 1. The second kappa shape index (κ2) is 8.44. The van der Waals surface area contributed by atoms with Crippen molar-refractivity contribution in [3.63, 3.8) is 0 Å². The molecular formula is C19H13ClFN5O3S. The lowest BCUT2D eigenvalue weighted by atomic mass is 10.2. The summed E-state index contributed by atoms with van der Waals surface area (Å²) in [6, 6.07) is 12.4. The van der Waals surface area contributed by atoms with Crippen molar-refractivity contribution in [2.75, 3.05) is 11.6 Å². The molecule has 1 atom stereocenters. The fourth-order valence-electron chi connectivity index (χ4n) is 2.35. The van der Waals surface area contributed by atoms with E-state index in [9.17, 15) is 13.4 Å². The monoisotopic (exact) mass is 445 g/mol. The molecule has 3 rings (SSSR count). The van der Waals surface area contributed by atoms with Crippen LogP contribution in [-0.4, -0.2) is 26.6 Å². The van der Waals surface area contributed by atoms with Crippen molar-refractivity contribution in [3.05, 3.63) is 70.6 Å². The van der Waals surface area contributed by atoms with Crippen molar-refractivity contribution >= 4 is 32.9 Å². The van der Waals surface area contributed by atoms with Crippen molar-refractivity contribution in [1.82, 2.24) is 10.2 Å². The molecule has 0 fully saturated rings. The lowest BCUT2D eigenvalue weighted by Crippen LogP contribution is -2.15. The summed E-state index contributed by atoms with van der Waals surface area (Å²) in [5, 5.41) is 19.0. The Balaban J connectivity index is 1.96. The first-order chi connectivity index (χ1) is 14.2. The van der Waals surface area contributed by atoms with Crippen LogP contribution in [0, 0.1) is 21.9 Å². The Kier molecular flexibility index (Phi) is 5.96.